The Hall–Kier alpha value is -0.850. The summed E-state index contributed by atoms with van der Waals surface area (Å²) in [6.07, 6.45) is 0. The zero-order valence-electron chi connectivity index (χ0n) is 10.1. The van der Waals surface area contributed by atoms with E-state index in [-0.39, 0.29) is 18.0 Å². The Labute approximate surface area is 115 Å². The second-order valence-corrected chi connectivity index (χ2v) is 4.24. The Morgan fingerprint density at radius 2 is 1.63 bits per heavy atom. The van der Waals surface area contributed by atoms with E-state index in [9.17, 15) is 17.6 Å². The standard InChI is InChI=1S/C12H14F4N2.ClH/c13-7-11(18-3-1-17-2-4-18)12-9(15)5-8(14)6-10(12)16;/h5-6,11,17H,1-4,7H2;1H/t11-;/m1./s1. The Kier molecular flexibility index (Phi) is 6.03. The number of nitrogens with zero attached hydrogens (tertiary/aromatic N) is 1. The summed E-state index contributed by atoms with van der Waals surface area (Å²) in [4.78, 5) is 1.66. The second-order valence-electron chi connectivity index (χ2n) is 4.24. The van der Waals surface area contributed by atoms with Crippen LogP contribution in [-0.2, 0) is 0 Å². The minimum atomic E-state index is -1.03. The fourth-order valence-electron chi connectivity index (χ4n) is 2.22. The summed E-state index contributed by atoms with van der Waals surface area (Å²) >= 11 is 0. The van der Waals surface area contributed by atoms with Crippen molar-refractivity contribution in [3.63, 3.8) is 0 Å². The molecule has 7 heteroatoms. The normalized spacial score (nSPS) is 17.9. The molecule has 1 aromatic carbocycles. The van der Waals surface area contributed by atoms with Crippen molar-refractivity contribution in [1.29, 1.82) is 0 Å². The molecule has 1 aliphatic rings. The number of nitrogens with one attached hydrogen (secondary N) is 1. The van der Waals surface area contributed by atoms with E-state index in [2.05, 4.69) is 5.32 Å². The molecule has 1 atom stereocenters. The molecule has 2 rings (SSSR count). The van der Waals surface area contributed by atoms with E-state index < -0.39 is 30.2 Å². The maximum absolute atomic E-state index is 13.6. The van der Waals surface area contributed by atoms with Crippen LogP contribution in [0.15, 0.2) is 12.1 Å². The predicted molar refractivity (Wildman–Crippen MR) is 66.7 cm³/mol. The molecule has 0 bridgehead atoms. The monoisotopic (exact) mass is 298 g/mol. The molecule has 19 heavy (non-hydrogen) atoms. The minimum absolute atomic E-state index is 0. The van der Waals surface area contributed by atoms with Gasteiger partial charge in [0.05, 0.1) is 6.04 Å². The number of benzene rings is 1. The number of alkyl halides is 1. The Morgan fingerprint density at radius 3 is 2.11 bits per heavy atom. The van der Waals surface area contributed by atoms with E-state index in [1.54, 1.807) is 4.90 Å². The fraction of sp³-hybridized carbons (Fsp3) is 0.500. The number of piperazine rings is 1. The van der Waals surface area contributed by atoms with E-state index >= 15 is 0 Å². The molecule has 1 saturated heterocycles. The lowest BCUT2D eigenvalue weighted by Crippen LogP contribution is -2.46. The van der Waals surface area contributed by atoms with E-state index in [1.165, 1.54) is 0 Å². The molecule has 2 nitrogen and oxygen atoms in total. The van der Waals surface area contributed by atoms with Gasteiger partial charge in [-0.25, -0.2) is 17.6 Å². The fourth-order valence-corrected chi connectivity index (χ4v) is 2.22. The Balaban J connectivity index is 0.00000180. The van der Waals surface area contributed by atoms with Crippen LogP contribution in [0.1, 0.15) is 11.6 Å². The highest BCUT2D eigenvalue weighted by Crippen LogP contribution is 2.27. The highest BCUT2D eigenvalue weighted by atomic mass is 35.5. The van der Waals surface area contributed by atoms with Crippen LogP contribution in [0, 0.1) is 17.5 Å². The first-order valence-electron chi connectivity index (χ1n) is 5.78. The number of rotatable bonds is 3. The van der Waals surface area contributed by atoms with Gasteiger partial charge in [-0.2, -0.15) is 0 Å². The van der Waals surface area contributed by atoms with Gasteiger partial charge in [-0.15, -0.1) is 12.4 Å². The molecule has 1 aromatic rings. The van der Waals surface area contributed by atoms with Crippen LogP contribution in [0.3, 0.4) is 0 Å². The van der Waals surface area contributed by atoms with Crippen LogP contribution in [-0.4, -0.2) is 37.8 Å². The van der Waals surface area contributed by atoms with E-state index in [0.29, 0.717) is 38.3 Å². The maximum Gasteiger partial charge on any atom is 0.133 e. The quantitative estimate of drug-likeness (QED) is 0.862. The molecule has 0 aliphatic carbocycles. The van der Waals surface area contributed by atoms with Crippen LogP contribution >= 0.6 is 12.4 Å². The summed E-state index contributed by atoms with van der Waals surface area (Å²) in [5, 5.41) is 3.07. The van der Waals surface area contributed by atoms with Crippen molar-refractivity contribution in [2.75, 3.05) is 32.9 Å². The molecule has 0 aromatic heterocycles. The third kappa shape index (κ3) is 3.58. The molecule has 1 heterocycles. The van der Waals surface area contributed by atoms with Crippen molar-refractivity contribution in [3.8, 4) is 0 Å². The van der Waals surface area contributed by atoms with Gasteiger partial charge in [-0.3, -0.25) is 4.90 Å². The molecule has 1 N–H and O–H groups in total. The molecule has 108 valence electrons. The zero-order chi connectivity index (χ0) is 13.1. The summed E-state index contributed by atoms with van der Waals surface area (Å²) in [5.41, 5.74) is -0.388. The van der Waals surface area contributed by atoms with Gasteiger partial charge < -0.3 is 5.32 Å². The van der Waals surface area contributed by atoms with Gasteiger partial charge in [0.15, 0.2) is 0 Å². The molecule has 1 fully saturated rings. The third-order valence-electron chi connectivity index (χ3n) is 3.12. The summed E-state index contributed by atoms with van der Waals surface area (Å²) in [6, 6.07) is 0.180. The molecule has 0 spiro atoms. The van der Waals surface area contributed by atoms with Gasteiger partial charge in [0.25, 0.3) is 0 Å². The van der Waals surface area contributed by atoms with Crippen molar-refractivity contribution in [2.24, 2.45) is 0 Å². The number of hydrogen-bond donors (Lipinski definition) is 1. The van der Waals surface area contributed by atoms with Gasteiger partial charge >= 0.3 is 0 Å². The summed E-state index contributed by atoms with van der Waals surface area (Å²) in [7, 11) is 0. The molecule has 0 amide bonds. The lowest BCUT2D eigenvalue weighted by molar-refractivity contribution is 0.141. The minimum Gasteiger partial charge on any atom is -0.314 e. The molecular formula is C12H15ClF4N2. The molecular weight excluding hydrogens is 284 g/mol. The first-order chi connectivity index (χ1) is 8.63. The maximum atomic E-state index is 13.6. The lowest BCUT2D eigenvalue weighted by atomic mass is 10.0. The van der Waals surface area contributed by atoms with E-state index in [0.717, 1.165) is 0 Å². The third-order valence-corrected chi connectivity index (χ3v) is 3.12. The predicted octanol–water partition coefficient (Wildman–Crippen LogP) is 2.44. The Bertz CT molecular complexity index is 401. The molecule has 0 radical (unpaired) electrons. The number of hydrogen-bond acceptors (Lipinski definition) is 2. The van der Waals surface area contributed by atoms with Crippen molar-refractivity contribution in [3.05, 3.63) is 35.1 Å². The van der Waals surface area contributed by atoms with Gasteiger partial charge in [0.1, 0.15) is 24.1 Å². The summed E-state index contributed by atoms with van der Waals surface area (Å²) in [5.74, 6) is -3.06. The molecule has 0 saturated carbocycles. The molecule has 0 unspecified atom stereocenters. The number of halogens is 5. The van der Waals surface area contributed by atoms with E-state index in [4.69, 9.17) is 0 Å². The van der Waals surface area contributed by atoms with Crippen molar-refractivity contribution in [2.45, 2.75) is 6.04 Å². The SMILES string of the molecule is Cl.FC[C@H](c1c(F)cc(F)cc1F)N1CCNCC1. The average Bonchev–Trinajstić information content (AvgIpc) is 2.34. The topological polar surface area (TPSA) is 15.3 Å². The highest BCUT2D eigenvalue weighted by molar-refractivity contribution is 5.85. The van der Waals surface area contributed by atoms with Crippen LogP contribution in [0.2, 0.25) is 0 Å². The van der Waals surface area contributed by atoms with Crippen LogP contribution in [0.4, 0.5) is 17.6 Å². The summed E-state index contributed by atoms with van der Waals surface area (Å²) < 4.78 is 53.1. The summed E-state index contributed by atoms with van der Waals surface area (Å²) in [6.45, 7) is 1.39. The first-order valence-corrected chi connectivity index (χ1v) is 5.78. The highest BCUT2D eigenvalue weighted by Gasteiger charge is 2.28. The average molecular weight is 299 g/mol. The largest absolute Gasteiger partial charge is 0.314 e. The van der Waals surface area contributed by atoms with Gasteiger partial charge in [0.2, 0.25) is 0 Å². The van der Waals surface area contributed by atoms with Gasteiger partial charge in [-0.1, -0.05) is 0 Å². The van der Waals surface area contributed by atoms with Crippen molar-refractivity contribution in [1.82, 2.24) is 10.2 Å². The van der Waals surface area contributed by atoms with Gasteiger partial charge in [0, 0.05) is 43.9 Å². The Morgan fingerprint density at radius 1 is 1.11 bits per heavy atom. The van der Waals surface area contributed by atoms with Crippen molar-refractivity contribution < 1.29 is 17.6 Å². The van der Waals surface area contributed by atoms with Gasteiger partial charge in [-0.05, 0) is 0 Å². The van der Waals surface area contributed by atoms with Crippen LogP contribution in [0.25, 0.3) is 0 Å². The molecule has 1 aliphatic heterocycles. The smallest absolute Gasteiger partial charge is 0.133 e. The van der Waals surface area contributed by atoms with Crippen LogP contribution < -0.4 is 5.32 Å². The first kappa shape index (κ1) is 16.2. The van der Waals surface area contributed by atoms with Crippen LogP contribution in [0.5, 0.6) is 0 Å². The van der Waals surface area contributed by atoms with Crippen molar-refractivity contribution >= 4 is 12.4 Å². The zero-order valence-corrected chi connectivity index (χ0v) is 11.0. The second kappa shape index (κ2) is 7.07. The van der Waals surface area contributed by atoms with E-state index in [1.807, 2.05) is 0 Å². The lowest BCUT2D eigenvalue weighted by Gasteiger charge is -2.33.